The highest BCUT2D eigenvalue weighted by Crippen LogP contribution is 2.31. The van der Waals surface area contributed by atoms with Crippen molar-refractivity contribution in [3.63, 3.8) is 0 Å². The highest BCUT2D eigenvalue weighted by Gasteiger charge is 2.36. The minimum Gasteiger partial charge on any atom is -0.365 e. The van der Waals surface area contributed by atoms with Gasteiger partial charge in [-0.25, -0.2) is 9.97 Å². The second-order valence-corrected chi connectivity index (χ2v) is 12.2. The van der Waals surface area contributed by atoms with Gasteiger partial charge >= 0.3 is 6.18 Å². The zero-order chi connectivity index (χ0) is 34.9. The van der Waals surface area contributed by atoms with E-state index in [-0.39, 0.29) is 36.6 Å². The number of hydrogen-bond donors (Lipinski definition) is 2. The fourth-order valence-corrected chi connectivity index (χ4v) is 4.99. The molecule has 0 atom stereocenters. The molecule has 3 rings (SSSR count). The largest absolute Gasteiger partial charge is 0.451 e. The molecule has 1 aromatic heterocycles. The monoisotopic (exact) mass is 681 g/mol. The van der Waals surface area contributed by atoms with Crippen LogP contribution < -0.4 is 15.1 Å². The van der Waals surface area contributed by atoms with E-state index in [0.29, 0.717) is 64.1 Å². The molecule has 0 spiro atoms. The molecule has 2 N–H and O–H groups in total. The van der Waals surface area contributed by atoms with Crippen LogP contribution in [0.5, 0.6) is 0 Å². The fourth-order valence-electron chi connectivity index (χ4n) is 4.45. The number of nitrogens with zero attached hydrogens (tertiary/aromatic N) is 6. The van der Waals surface area contributed by atoms with Crippen LogP contribution >= 0.6 is 0 Å². The van der Waals surface area contributed by atoms with E-state index < -0.39 is 22.1 Å². The molecule has 0 saturated carbocycles. The Morgan fingerprint density at radius 2 is 1.81 bits per heavy atom. The lowest BCUT2D eigenvalue weighted by Crippen LogP contribution is -2.38. The van der Waals surface area contributed by atoms with Crippen molar-refractivity contribution in [2.45, 2.75) is 45.4 Å². The Morgan fingerprint density at radius 3 is 2.36 bits per heavy atom. The molecule has 1 fully saturated rings. The number of nitriles is 1. The summed E-state index contributed by atoms with van der Waals surface area (Å²) in [4.78, 5) is 22.7. The first-order valence-corrected chi connectivity index (χ1v) is 16.7. The SMILES string of the molecule is CCN(CC)c1cc(N2CCC(OCC#CCN(C)CCS(=O)(=O)O)CC2)nc(C(F)(F)F)n1.N#Cc1ccc(CCNC=O)cc1. The summed E-state index contributed by atoms with van der Waals surface area (Å²) in [5.74, 6) is 4.78. The standard InChI is InChI=1S/C21H32F3N5O4S.C10H10N2O/c1-4-28(5-2)18-16-19(26-20(25-18)21(22,23)24)29-11-8-17(9-12-29)33-14-7-6-10-27(3)13-15-34(30,31)32;11-7-10-3-1-9(2-4-10)5-6-12-8-13/h16-17H,4-5,8-15H2,1-3H3,(H,30,31,32);1-4,8H,5-6H2,(H,12,13). The lowest BCUT2D eigenvalue weighted by Gasteiger charge is -2.33. The predicted molar refractivity (Wildman–Crippen MR) is 172 cm³/mol. The third-order valence-electron chi connectivity index (χ3n) is 7.13. The first-order chi connectivity index (χ1) is 22.3. The van der Waals surface area contributed by atoms with Crippen LogP contribution in [0.4, 0.5) is 24.8 Å². The maximum absolute atomic E-state index is 13.4. The number of carbonyl (C=O) groups is 1. The van der Waals surface area contributed by atoms with Gasteiger partial charge in [-0.05, 0) is 57.9 Å². The summed E-state index contributed by atoms with van der Waals surface area (Å²) in [5.41, 5.74) is 1.78. The topological polar surface area (TPSA) is 152 Å². The van der Waals surface area contributed by atoms with Crippen LogP contribution in [0, 0.1) is 23.2 Å². The molecule has 16 heteroatoms. The van der Waals surface area contributed by atoms with Crippen molar-refractivity contribution in [1.82, 2.24) is 20.2 Å². The maximum Gasteiger partial charge on any atom is 0.451 e. The van der Waals surface area contributed by atoms with E-state index >= 15 is 0 Å². The lowest BCUT2D eigenvalue weighted by molar-refractivity contribution is -0.144. The Labute approximate surface area is 274 Å². The van der Waals surface area contributed by atoms with Gasteiger partial charge in [0.05, 0.1) is 30.0 Å². The molecule has 0 bridgehead atoms. The molecule has 0 radical (unpaired) electrons. The van der Waals surface area contributed by atoms with Crippen LogP contribution in [0.2, 0.25) is 0 Å². The van der Waals surface area contributed by atoms with Crippen molar-refractivity contribution in [3.05, 3.63) is 47.3 Å². The van der Waals surface area contributed by atoms with Gasteiger partial charge in [-0.3, -0.25) is 14.2 Å². The zero-order valence-corrected chi connectivity index (χ0v) is 27.6. The molecule has 2 heterocycles. The van der Waals surface area contributed by atoms with Gasteiger partial charge in [0.1, 0.15) is 18.2 Å². The van der Waals surface area contributed by atoms with Crippen molar-refractivity contribution in [3.8, 4) is 17.9 Å². The average Bonchev–Trinajstić information content (AvgIpc) is 3.04. The molecular formula is C31H42F3N7O5S. The van der Waals surface area contributed by atoms with Gasteiger partial charge in [0.25, 0.3) is 10.1 Å². The minimum absolute atomic E-state index is 0.0611. The van der Waals surface area contributed by atoms with E-state index in [4.69, 9.17) is 14.6 Å². The van der Waals surface area contributed by atoms with Gasteiger partial charge in [0.2, 0.25) is 12.2 Å². The molecule has 2 aromatic rings. The zero-order valence-electron chi connectivity index (χ0n) is 26.8. The number of alkyl halides is 3. The van der Waals surface area contributed by atoms with Gasteiger partial charge in [-0.1, -0.05) is 24.0 Å². The Balaban J connectivity index is 0.000000492. The van der Waals surface area contributed by atoms with Gasteiger partial charge < -0.3 is 19.9 Å². The average molecular weight is 682 g/mol. The molecular weight excluding hydrogens is 639 g/mol. The molecule has 1 aliphatic rings. The second kappa shape index (κ2) is 19.6. The van der Waals surface area contributed by atoms with Crippen molar-refractivity contribution in [2.24, 2.45) is 0 Å². The minimum atomic E-state index is -4.63. The smallest absolute Gasteiger partial charge is 0.365 e. The second-order valence-electron chi connectivity index (χ2n) is 10.6. The fraction of sp³-hybridized carbons (Fsp3) is 0.548. The van der Waals surface area contributed by atoms with Gasteiger partial charge in [-0.15, -0.1) is 0 Å². The van der Waals surface area contributed by atoms with E-state index in [1.54, 1.807) is 35.0 Å². The Bertz CT molecular complexity index is 1460. The van der Waals surface area contributed by atoms with Crippen molar-refractivity contribution in [2.75, 3.05) is 75.0 Å². The molecule has 0 unspecified atom stereocenters. The number of anilines is 2. The number of piperidine rings is 1. The first kappa shape index (κ1) is 39.2. The lowest BCUT2D eigenvalue weighted by atomic mass is 10.1. The molecule has 258 valence electrons. The Hall–Kier alpha value is -3.96. The highest BCUT2D eigenvalue weighted by molar-refractivity contribution is 7.85. The van der Waals surface area contributed by atoms with Gasteiger partial charge in [0.15, 0.2) is 0 Å². The molecule has 1 saturated heterocycles. The van der Waals surface area contributed by atoms with Crippen LogP contribution in [0.25, 0.3) is 0 Å². The summed E-state index contributed by atoms with van der Waals surface area (Å²) in [6, 6.07) is 11.0. The molecule has 47 heavy (non-hydrogen) atoms. The van der Waals surface area contributed by atoms with Crippen LogP contribution in [0.15, 0.2) is 30.3 Å². The molecule has 1 aromatic carbocycles. The Morgan fingerprint density at radius 1 is 1.15 bits per heavy atom. The van der Waals surface area contributed by atoms with E-state index in [1.807, 2.05) is 36.9 Å². The summed E-state index contributed by atoms with van der Waals surface area (Å²) in [5, 5.41) is 11.1. The summed E-state index contributed by atoms with van der Waals surface area (Å²) < 4.78 is 76.1. The van der Waals surface area contributed by atoms with E-state index in [0.717, 1.165) is 12.0 Å². The van der Waals surface area contributed by atoms with E-state index in [2.05, 4.69) is 27.1 Å². The summed E-state index contributed by atoms with van der Waals surface area (Å²) in [7, 11) is -2.30. The quantitative estimate of drug-likeness (QED) is 0.131. The van der Waals surface area contributed by atoms with Crippen molar-refractivity contribution >= 4 is 28.2 Å². The number of rotatable bonds is 14. The van der Waals surface area contributed by atoms with Crippen molar-refractivity contribution in [1.29, 1.82) is 5.26 Å². The molecule has 1 amide bonds. The predicted octanol–water partition coefficient (Wildman–Crippen LogP) is 3.00. The van der Waals surface area contributed by atoms with Gasteiger partial charge in [-0.2, -0.15) is 26.9 Å². The van der Waals surface area contributed by atoms with E-state index in [1.165, 1.54) is 0 Å². The normalized spacial score (nSPS) is 13.6. The molecule has 12 nitrogen and oxygen atoms in total. The maximum atomic E-state index is 13.4. The summed E-state index contributed by atoms with van der Waals surface area (Å²) in [6.07, 6.45) is -1.95. The number of nitrogens with one attached hydrogen (secondary N) is 1. The van der Waals surface area contributed by atoms with E-state index in [9.17, 15) is 26.4 Å². The number of halogens is 3. The number of amides is 1. The third kappa shape index (κ3) is 15.0. The van der Waals surface area contributed by atoms with Crippen LogP contribution in [0.1, 0.15) is 43.6 Å². The highest BCUT2D eigenvalue weighted by atomic mass is 32.2. The van der Waals surface area contributed by atoms with Crippen LogP contribution in [0.3, 0.4) is 0 Å². The number of ether oxygens (including phenoxy) is 1. The first-order valence-electron chi connectivity index (χ1n) is 15.1. The summed E-state index contributed by atoms with van der Waals surface area (Å²) in [6.45, 7) is 7.15. The Kier molecular flexibility index (Phi) is 16.4. The van der Waals surface area contributed by atoms with Crippen molar-refractivity contribution < 1.29 is 35.7 Å². The number of hydrogen-bond acceptors (Lipinski definition) is 10. The van der Waals surface area contributed by atoms with Crippen LogP contribution in [-0.2, 0) is 32.2 Å². The number of benzene rings is 1. The molecule has 1 aliphatic heterocycles. The molecule has 0 aliphatic carbocycles. The van der Waals surface area contributed by atoms with Crippen LogP contribution in [-0.4, -0.2) is 106 Å². The van der Waals surface area contributed by atoms with Gasteiger partial charge in [0, 0.05) is 45.3 Å². The number of carbonyl (C=O) groups excluding carboxylic acids is 1. The number of aromatic nitrogens is 2. The summed E-state index contributed by atoms with van der Waals surface area (Å²) >= 11 is 0. The third-order valence-corrected chi connectivity index (χ3v) is 7.83.